The molecule has 0 saturated heterocycles. The van der Waals surface area contributed by atoms with Crippen molar-refractivity contribution in [2.75, 3.05) is 0 Å². The molecule has 0 radical (unpaired) electrons. The first kappa shape index (κ1) is 14.1. The van der Waals surface area contributed by atoms with Crippen molar-refractivity contribution in [3.8, 4) is 0 Å². The van der Waals surface area contributed by atoms with E-state index in [1.807, 2.05) is 38.1 Å². The quantitative estimate of drug-likeness (QED) is 0.911. The molecule has 21 heavy (non-hydrogen) atoms. The number of rotatable bonds is 3. The summed E-state index contributed by atoms with van der Waals surface area (Å²) in [6, 6.07) is 8.00. The minimum absolute atomic E-state index is 0.0483. The van der Waals surface area contributed by atoms with Crippen molar-refractivity contribution in [1.29, 1.82) is 0 Å². The Labute approximate surface area is 124 Å². The van der Waals surface area contributed by atoms with E-state index in [-0.39, 0.29) is 23.9 Å². The van der Waals surface area contributed by atoms with Crippen LogP contribution in [0.3, 0.4) is 0 Å². The van der Waals surface area contributed by atoms with Crippen LogP contribution in [0.1, 0.15) is 43.6 Å². The third-order valence-corrected chi connectivity index (χ3v) is 4.48. The van der Waals surface area contributed by atoms with Gasteiger partial charge in [0.05, 0.1) is 6.04 Å². The molecule has 1 fully saturated rings. The molecular formula is C17H22N2O2. The maximum atomic E-state index is 12.3. The zero-order valence-corrected chi connectivity index (χ0v) is 12.6. The number of hydrogen-bond acceptors (Lipinski definition) is 3. The van der Waals surface area contributed by atoms with Gasteiger partial charge in [-0.05, 0) is 39.2 Å². The molecule has 3 atom stereocenters. The number of benzene rings is 1. The third kappa shape index (κ3) is 2.68. The second-order valence-electron chi connectivity index (χ2n) is 6.09. The fraction of sp³-hybridized carbons (Fsp3) is 0.471. The summed E-state index contributed by atoms with van der Waals surface area (Å²) in [5.74, 6) is 0.981. The second kappa shape index (κ2) is 5.53. The van der Waals surface area contributed by atoms with Crippen LogP contribution in [0.4, 0.5) is 0 Å². The van der Waals surface area contributed by atoms with E-state index in [0.717, 1.165) is 41.6 Å². The Morgan fingerprint density at radius 3 is 2.81 bits per heavy atom. The monoisotopic (exact) mass is 286 g/mol. The summed E-state index contributed by atoms with van der Waals surface area (Å²) >= 11 is 0. The van der Waals surface area contributed by atoms with E-state index in [2.05, 4.69) is 5.32 Å². The van der Waals surface area contributed by atoms with Crippen molar-refractivity contribution >= 4 is 16.9 Å². The van der Waals surface area contributed by atoms with Crippen LogP contribution in [0.15, 0.2) is 28.7 Å². The topological polar surface area (TPSA) is 68.3 Å². The van der Waals surface area contributed by atoms with E-state index in [1.165, 1.54) is 0 Å². The highest BCUT2D eigenvalue weighted by atomic mass is 16.3. The van der Waals surface area contributed by atoms with Crippen LogP contribution in [0.2, 0.25) is 0 Å². The minimum atomic E-state index is -0.123. The molecule has 2 aromatic rings. The van der Waals surface area contributed by atoms with Crippen LogP contribution in [0.25, 0.3) is 11.0 Å². The lowest BCUT2D eigenvalue weighted by Gasteiger charge is -2.16. The lowest BCUT2D eigenvalue weighted by atomic mass is 10.1. The summed E-state index contributed by atoms with van der Waals surface area (Å²) in [5.41, 5.74) is 7.85. The molecule has 4 nitrogen and oxygen atoms in total. The molecule has 3 N–H and O–H groups in total. The van der Waals surface area contributed by atoms with Crippen molar-refractivity contribution in [3.63, 3.8) is 0 Å². The third-order valence-electron chi connectivity index (χ3n) is 4.48. The average molecular weight is 286 g/mol. The smallest absolute Gasteiger partial charge is 0.223 e. The fourth-order valence-corrected chi connectivity index (χ4v) is 3.26. The summed E-state index contributed by atoms with van der Waals surface area (Å²) in [6.07, 6.45) is 2.62. The van der Waals surface area contributed by atoms with Gasteiger partial charge in [0.15, 0.2) is 0 Å². The zero-order chi connectivity index (χ0) is 15.0. The van der Waals surface area contributed by atoms with Crippen molar-refractivity contribution in [1.82, 2.24) is 5.32 Å². The Balaban J connectivity index is 1.76. The van der Waals surface area contributed by atoms with Gasteiger partial charge in [0.25, 0.3) is 0 Å². The normalized spacial score (nSPS) is 23.4. The molecule has 3 unspecified atom stereocenters. The van der Waals surface area contributed by atoms with Crippen LogP contribution in [-0.4, -0.2) is 11.9 Å². The number of nitrogens with two attached hydrogens (primary N) is 1. The summed E-state index contributed by atoms with van der Waals surface area (Å²) in [4.78, 5) is 12.3. The van der Waals surface area contributed by atoms with Crippen LogP contribution in [0.5, 0.6) is 0 Å². The molecular weight excluding hydrogens is 264 g/mol. The molecule has 112 valence electrons. The van der Waals surface area contributed by atoms with E-state index in [1.54, 1.807) is 0 Å². The summed E-state index contributed by atoms with van der Waals surface area (Å²) in [7, 11) is 0. The molecule has 3 rings (SSSR count). The molecule has 1 amide bonds. The lowest BCUT2D eigenvalue weighted by molar-refractivity contribution is -0.125. The number of nitrogens with one attached hydrogen (secondary N) is 1. The van der Waals surface area contributed by atoms with Gasteiger partial charge in [0.2, 0.25) is 5.91 Å². The molecule has 1 aliphatic rings. The summed E-state index contributed by atoms with van der Waals surface area (Å²) in [5, 5.41) is 4.18. The van der Waals surface area contributed by atoms with Crippen LogP contribution in [0, 0.1) is 12.8 Å². The van der Waals surface area contributed by atoms with Crippen molar-refractivity contribution in [2.24, 2.45) is 11.7 Å². The second-order valence-corrected chi connectivity index (χ2v) is 6.09. The maximum Gasteiger partial charge on any atom is 0.223 e. The Kier molecular flexibility index (Phi) is 3.72. The van der Waals surface area contributed by atoms with E-state index in [0.29, 0.717) is 0 Å². The highest BCUT2D eigenvalue weighted by molar-refractivity contribution is 5.83. The Morgan fingerprint density at radius 1 is 1.38 bits per heavy atom. The molecule has 1 aliphatic carbocycles. The van der Waals surface area contributed by atoms with Gasteiger partial charge in [0, 0.05) is 22.9 Å². The Bertz CT molecular complexity index is 662. The van der Waals surface area contributed by atoms with Gasteiger partial charge >= 0.3 is 0 Å². The first-order valence-electron chi connectivity index (χ1n) is 7.60. The number of carbonyl (C=O) groups is 1. The van der Waals surface area contributed by atoms with E-state index >= 15 is 0 Å². The standard InChI is InChI=1S/C17H22N2O2/c1-10-14-5-3-4-6-15(14)21-16(10)11(2)19-17(20)12-7-8-13(18)9-12/h3-6,11-13H,7-9,18H2,1-2H3,(H,19,20). The molecule has 1 saturated carbocycles. The van der Waals surface area contributed by atoms with Crippen LogP contribution >= 0.6 is 0 Å². The summed E-state index contributed by atoms with van der Waals surface area (Å²) in [6.45, 7) is 4.01. The molecule has 0 bridgehead atoms. The first-order chi connectivity index (χ1) is 10.1. The molecule has 1 aromatic heterocycles. The molecule has 1 aromatic carbocycles. The maximum absolute atomic E-state index is 12.3. The van der Waals surface area contributed by atoms with Crippen molar-refractivity contribution in [2.45, 2.75) is 45.2 Å². The van der Waals surface area contributed by atoms with Gasteiger partial charge in [0.1, 0.15) is 11.3 Å². The fourth-order valence-electron chi connectivity index (χ4n) is 3.26. The van der Waals surface area contributed by atoms with Crippen molar-refractivity contribution in [3.05, 3.63) is 35.6 Å². The van der Waals surface area contributed by atoms with Gasteiger partial charge in [-0.25, -0.2) is 0 Å². The van der Waals surface area contributed by atoms with Crippen molar-refractivity contribution < 1.29 is 9.21 Å². The number of furan rings is 1. The lowest BCUT2D eigenvalue weighted by Crippen LogP contribution is -2.32. The molecule has 1 heterocycles. The van der Waals surface area contributed by atoms with Gasteiger partial charge in [-0.1, -0.05) is 18.2 Å². The SMILES string of the molecule is Cc1c(C(C)NC(=O)C2CCC(N)C2)oc2ccccc12. The number of para-hydroxylation sites is 1. The number of hydrogen-bond donors (Lipinski definition) is 2. The van der Waals surface area contributed by atoms with Gasteiger partial charge in [-0.2, -0.15) is 0 Å². The Hall–Kier alpha value is -1.81. The van der Waals surface area contributed by atoms with E-state index < -0.39 is 0 Å². The molecule has 0 spiro atoms. The first-order valence-corrected chi connectivity index (χ1v) is 7.60. The number of amides is 1. The van der Waals surface area contributed by atoms with Gasteiger partial charge in [-0.3, -0.25) is 4.79 Å². The van der Waals surface area contributed by atoms with Crippen LogP contribution in [-0.2, 0) is 4.79 Å². The predicted molar refractivity (Wildman–Crippen MR) is 82.8 cm³/mol. The number of carbonyl (C=O) groups excluding carboxylic acids is 1. The minimum Gasteiger partial charge on any atom is -0.459 e. The number of aryl methyl sites for hydroxylation is 1. The largest absolute Gasteiger partial charge is 0.459 e. The Morgan fingerprint density at radius 2 is 2.14 bits per heavy atom. The molecule has 4 heteroatoms. The highest BCUT2D eigenvalue weighted by Gasteiger charge is 2.29. The highest BCUT2D eigenvalue weighted by Crippen LogP contribution is 2.30. The average Bonchev–Trinajstić information content (AvgIpc) is 3.04. The number of fused-ring (bicyclic) bond motifs is 1. The zero-order valence-electron chi connectivity index (χ0n) is 12.6. The predicted octanol–water partition coefficient (Wildman–Crippen LogP) is 3.05. The molecule has 0 aliphatic heterocycles. The van der Waals surface area contributed by atoms with Crippen LogP contribution < -0.4 is 11.1 Å². The summed E-state index contributed by atoms with van der Waals surface area (Å²) < 4.78 is 5.91. The van der Waals surface area contributed by atoms with E-state index in [4.69, 9.17) is 10.2 Å². The van der Waals surface area contributed by atoms with Gasteiger partial charge in [-0.15, -0.1) is 0 Å². The van der Waals surface area contributed by atoms with E-state index in [9.17, 15) is 4.79 Å². The van der Waals surface area contributed by atoms with Gasteiger partial charge < -0.3 is 15.5 Å².